The van der Waals surface area contributed by atoms with Crippen LogP contribution in [0.1, 0.15) is 16.1 Å². The summed E-state index contributed by atoms with van der Waals surface area (Å²) in [6.07, 6.45) is 1.35. The zero-order valence-electron chi connectivity index (χ0n) is 12.7. The van der Waals surface area contributed by atoms with Gasteiger partial charge in [0.1, 0.15) is 4.88 Å². The molecule has 0 spiro atoms. The van der Waals surface area contributed by atoms with Crippen molar-refractivity contribution in [3.63, 3.8) is 0 Å². The van der Waals surface area contributed by atoms with E-state index in [9.17, 15) is 14.4 Å². The summed E-state index contributed by atoms with van der Waals surface area (Å²) in [6.45, 7) is 0.204. The van der Waals surface area contributed by atoms with E-state index in [4.69, 9.17) is 28.9 Å². The second-order valence-electron chi connectivity index (χ2n) is 5.42. The number of hydrogen-bond acceptors (Lipinski definition) is 5. The number of nitrogens with two attached hydrogens (primary N) is 1. The van der Waals surface area contributed by atoms with Crippen LogP contribution in [0.15, 0.2) is 24.4 Å². The third-order valence-corrected chi connectivity index (χ3v) is 5.00. The van der Waals surface area contributed by atoms with Crippen molar-refractivity contribution in [2.24, 2.45) is 11.7 Å². The maximum Gasteiger partial charge on any atom is 0.260 e. The molecule has 0 bridgehead atoms. The van der Waals surface area contributed by atoms with Gasteiger partial charge in [0.2, 0.25) is 11.8 Å². The number of carbonyl (C=O) groups excluding carboxylic acids is 3. The van der Waals surface area contributed by atoms with E-state index < -0.39 is 11.8 Å². The Morgan fingerprint density at radius 3 is 2.56 bits per heavy atom. The standard InChI is InChI=1S/C15H12Cl2N4O3S/c16-8-2-9(17)4-10(3-8)21-6-7(1-12(21)22)14(24)20-15-19-5-11(25-15)13(18)23/h2-5,7H,1,6H2,(H2,18,23)(H,19,20,24). The van der Waals surface area contributed by atoms with Gasteiger partial charge in [0.25, 0.3) is 5.91 Å². The topological polar surface area (TPSA) is 105 Å². The molecule has 7 nitrogen and oxygen atoms in total. The number of hydrogen-bond donors (Lipinski definition) is 2. The zero-order valence-corrected chi connectivity index (χ0v) is 15.0. The van der Waals surface area contributed by atoms with Crippen LogP contribution < -0.4 is 16.0 Å². The molecule has 1 saturated heterocycles. The summed E-state index contributed by atoms with van der Waals surface area (Å²) in [5.41, 5.74) is 5.70. The molecule has 3 N–H and O–H groups in total. The van der Waals surface area contributed by atoms with Crippen LogP contribution in [0, 0.1) is 5.92 Å². The molecule has 3 amide bonds. The molecule has 25 heavy (non-hydrogen) atoms. The number of aromatic nitrogens is 1. The molecule has 1 fully saturated rings. The number of anilines is 2. The second-order valence-corrected chi connectivity index (χ2v) is 7.32. The van der Waals surface area contributed by atoms with Gasteiger partial charge in [0.15, 0.2) is 5.13 Å². The first kappa shape index (κ1) is 17.7. The van der Waals surface area contributed by atoms with Crippen LogP contribution in [-0.2, 0) is 9.59 Å². The summed E-state index contributed by atoms with van der Waals surface area (Å²) in [7, 11) is 0. The van der Waals surface area contributed by atoms with Crippen molar-refractivity contribution < 1.29 is 14.4 Å². The van der Waals surface area contributed by atoms with Crippen molar-refractivity contribution in [2.45, 2.75) is 6.42 Å². The van der Waals surface area contributed by atoms with Gasteiger partial charge >= 0.3 is 0 Å². The monoisotopic (exact) mass is 398 g/mol. The molecule has 1 aliphatic rings. The van der Waals surface area contributed by atoms with Gasteiger partial charge in [-0.1, -0.05) is 34.5 Å². The van der Waals surface area contributed by atoms with E-state index in [1.807, 2.05) is 0 Å². The van der Waals surface area contributed by atoms with Gasteiger partial charge in [-0.3, -0.25) is 14.4 Å². The summed E-state index contributed by atoms with van der Waals surface area (Å²) >= 11 is 12.9. The Balaban J connectivity index is 1.70. The van der Waals surface area contributed by atoms with Gasteiger partial charge < -0.3 is 16.0 Å². The molecule has 130 valence electrons. The molecule has 1 aromatic carbocycles. The average molecular weight is 399 g/mol. The minimum Gasteiger partial charge on any atom is -0.365 e. The molecule has 1 unspecified atom stereocenters. The van der Waals surface area contributed by atoms with Gasteiger partial charge in [0, 0.05) is 28.7 Å². The van der Waals surface area contributed by atoms with Gasteiger partial charge in [0.05, 0.1) is 12.1 Å². The van der Waals surface area contributed by atoms with Crippen LogP contribution in [0.3, 0.4) is 0 Å². The Labute approximate surface area is 156 Å². The van der Waals surface area contributed by atoms with Crippen LogP contribution in [-0.4, -0.2) is 29.3 Å². The number of halogens is 2. The summed E-state index contributed by atoms with van der Waals surface area (Å²) in [5, 5.41) is 3.68. The fourth-order valence-corrected chi connectivity index (χ4v) is 3.67. The van der Waals surface area contributed by atoms with E-state index in [0.717, 1.165) is 11.3 Å². The minimum absolute atomic E-state index is 0.0595. The van der Waals surface area contributed by atoms with Gasteiger partial charge in [-0.15, -0.1) is 0 Å². The lowest BCUT2D eigenvalue weighted by atomic mass is 10.1. The molecule has 3 rings (SSSR count). The quantitative estimate of drug-likeness (QED) is 0.824. The number of amides is 3. The zero-order chi connectivity index (χ0) is 18.1. The summed E-state index contributed by atoms with van der Waals surface area (Å²) in [5.74, 6) is -1.71. The highest BCUT2D eigenvalue weighted by Crippen LogP contribution is 2.31. The molecule has 0 aliphatic carbocycles. The number of primary amides is 1. The summed E-state index contributed by atoms with van der Waals surface area (Å²) < 4.78 is 0. The highest BCUT2D eigenvalue weighted by molar-refractivity contribution is 7.17. The lowest BCUT2D eigenvalue weighted by Crippen LogP contribution is -2.28. The predicted octanol–water partition coefficient (Wildman–Crippen LogP) is 2.54. The third-order valence-electron chi connectivity index (χ3n) is 3.63. The Morgan fingerprint density at radius 1 is 1.28 bits per heavy atom. The highest BCUT2D eigenvalue weighted by atomic mass is 35.5. The fraction of sp³-hybridized carbons (Fsp3) is 0.200. The van der Waals surface area contributed by atoms with Gasteiger partial charge in [-0.05, 0) is 18.2 Å². The fourth-order valence-electron chi connectivity index (χ4n) is 2.48. The molecule has 1 aromatic heterocycles. The first-order chi connectivity index (χ1) is 11.8. The average Bonchev–Trinajstić information content (AvgIpc) is 3.13. The van der Waals surface area contributed by atoms with E-state index in [1.165, 1.54) is 11.1 Å². The maximum atomic E-state index is 12.4. The van der Waals surface area contributed by atoms with Gasteiger partial charge in [-0.2, -0.15) is 0 Å². The van der Waals surface area contributed by atoms with Crippen molar-refractivity contribution >= 4 is 63.1 Å². The molecular formula is C15H12Cl2N4O3S. The first-order valence-corrected chi connectivity index (χ1v) is 8.73. The Morgan fingerprint density at radius 2 is 1.96 bits per heavy atom. The number of benzene rings is 1. The van der Waals surface area contributed by atoms with Crippen molar-refractivity contribution in [1.82, 2.24) is 4.98 Å². The van der Waals surface area contributed by atoms with Crippen LogP contribution in [0.2, 0.25) is 10.0 Å². The lowest BCUT2D eigenvalue weighted by Gasteiger charge is -2.17. The second kappa shape index (κ2) is 6.99. The Bertz CT molecular complexity index is 850. The number of nitrogens with one attached hydrogen (secondary N) is 1. The van der Waals surface area contributed by atoms with E-state index in [-0.39, 0.29) is 34.8 Å². The Hall–Kier alpha value is -2.16. The molecule has 2 heterocycles. The van der Waals surface area contributed by atoms with Crippen LogP contribution in [0.25, 0.3) is 0 Å². The molecule has 1 atom stereocenters. The largest absolute Gasteiger partial charge is 0.365 e. The van der Waals surface area contributed by atoms with Crippen LogP contribution in [0.4, 0.5) is 10.8 Å². The van der Waals surface area contributed by atoms with E-state index in [2.05, 4.69) is 10.3 Å². The van der Waals surface area contributed by atoms with Crippen LogP contribution >= 0.6 is 34.5 Å². The van der Waals surface area contributed by atoms with Gasteiger partial charge in [-0.25, -0.2) is 4.98 Å². The van der Waals surface area contributed by atoms with Crippen molar-refractivity contribution in [3.05, 3.63) is 39.3 Å². The molecule has 10 heteroatoms. The lowest BCUT2D eigenvalue weighted by molar-refractivity contribution is -0.122. The Kier molecular flexibility index (Phi) is 4.94. The molecular weight excluding hydrogens is 387 g/mol. The summed E-state index contributed by atoms with van der Waals surface area (Å²) in [4.78, 5) is 41.3. The minimum atomic E-state index is -0.613. The smallest absolute Gasteiger partial charge is 0.260 e. The SMILES string of the molecule is NC(=O)c1cnc(NC(=O)C2CC(=O)N(c3cc(Cl)cc(Cl)c3)C2)s1. The summed E-state index contributed by atoms with van der Waals surface area (Å²) in [6, 6.07) is 4.80. The highest BCUT2D eigenvalue weighted by Gasteiger charge is 2.35. The van der Waals surface area contributed by atoms with Crippen molar-refractivity contribution in [3.8, 4) is 0 Å². The van der Waals surface area contributed by atoms with E-state index >= 15 is 0 Å². The molecule has 0 radical (unpaired) electrons. The molecule has 1 aliphatic heterocycles. The van der Waals surface area contributed by atoms with Crippen molar-refractivity contribution in [2.75, 3.05) is 16.8 Å². The third kappa shape index (κ3) is 3.92. The normalized spacial score (nSPS) is 17.0. The number of thiazole rings is 1. The molecule has 2 aromatic rings. The van der Waals surface area contributed by atoms with E-state index in [1.54, 1.807) is 18.2 Å². The predicted molar refractivity (Wildman–Crippen MR) is 96.2 cm³/mol. The first-order valence-electron chi connectivity index (χ1n) is 7.16. The number of carbonyl (C=O) groups is 3. The number of rotatable bonds is 4. The van der Waals surface area contributed by atoms with E-state index in [0.29, 0.717) is 15.7 Å². The number of nitrogens with zero attached hydrogens (tertiary/aromatic N) is 2. The van der Waals surface area contributed by atoms with Crippen molar-refractivity contribution in [1.29, 1.82) is 0 Å². The maximum absolute atomic E-state index is 12.4. The van der Waals surface area contributed by atoms with Crippen LogP contribution in [0.5, 0.6) is 0 Å². The molecule has 0 saturated carbocycles.